The van der Waals surface area contributed by atoms with Gasteiger partial charge >= 0.3 is 0 Å². The zero-order chi connectivity index (χ0) is 14.5. The summed E-state index contributed by atoms with van der Waals surface area (Å²) >= 11 is 0. The topological polar surface area (TPSA) is 66.9 Å². The largest absolute Gasteiger partial charge is 0.383 e. The van der Waals surface area contributed by atoms with E-state index in [1.165, 1.54) is 11.4 Å². The van der Waals surface area contributed by atoms with Crippen LogP contribution >= 0.6 is 0 Å². The van der Waals surface area contributed by atoms with E-state index < -0.39 is 10.0 Å². The maximum atomic E-state index is 12.1. The molecule has 0 aliphatic carbocycles. The fourth-order valence-corrected chi connectivity index (χ4v) is 2.97. The maximum Gasteiger partial charge on any atom is 0.237 e. The first-order chi connectivity index (χ1) is 8.84. The molecule has 0 spiro atoms. The lowest BCUT2D eigenvalue weighted by molar-refractivity contribution is -0.133. The third-order valence-corrected chi connectivity index (χ3v) is 4.58. The van der Waals surface area contributed by atoms with E-state index in [0.717, 1.165) is 32.2 Å². The molecule has 1 rings (SSSR count). The minimum absolute atomic E-state index is 0.0884. The minimum atomic E-state index is -3.38. The Bertz CT molecular complexity index is 397. The number of methoxy groups -OCH3 is 1. The number of ether oxygens (including phenoxy) is 1. The first-order valence-electron chi connectivity index (χ1n) is 6.56. The fourth-order valence-electron chi connectivity index (χ4n) is 2.22. The van der Waals surface area contributed by atoms with Gasteiger partial charge in [-0.2, -0.15) is 4.31 Å². The molecule has 1 unspecified atom stereocenters. The average Bonchev–Trinajstić information content (AvgIpc) is 2.32. The number of rotatable bonds is 6. The van der Waals surface area contributed by atoms with Crippen LogP contribution in [0.1, 0.15) is 19.8 Å². The number of sulfonamides is 1. The number of hydrogen-bond acceptors (Lipinski definition) is 4. The highest BCUT2D eigenvalue weighted by molar-refractivity contribution is 7.88. The van der Waals surface area contributed by atoms with E-state index in [1.807, 2.05) is 0 Å². The smallest absolute Gasteiger partial charge is 0.237 e. The predicted molar refractivity (Wildman–Crippen MR) is 73.3 cm³/mol. The molecule has 0 radical (unpaired) electrons. The number of piperidine rings is 1. The Morgan fingerprint density at radius 3 is 2.68 bits per heavy atom. The van der Waals surface area contributed by atoms with Crippen LogP contribution in [0.2, 0.25) is 0 Å². The summed E-state index contributed by atoms with van der Waals surface area (Å²) < 4.78 is 29.3. The highest BCUT2D eigenvalue weighted by atomic mass is 32.2. The van der Waals surface area contributed by atoms with Gasteiger partial charge < -0.3 is 9.64 Å². The lowest BCUT2D eigenvalue weighted by Crippen LogP contribution is -2.46. The van der Waals surface area contributed by atoms with Gasteiger partial charge in [-0.15, -0.1) is 0 Å². The van der Waals surface area contributed by atoms with Crippen molar-refractivity contribution in [1.82, 2.24) is 9.21 Å². The van der Waals surface area contributed by atoms with Crippen LogP contribution in [-0.4, -0.2) is 69.7 Å². The molecule has 1 aliphatic heterocycles. The summed E-state index contributed by atoms with van der Waals surface area (Å²) in [5.41, 5.74) is 0. The third-order valence-electron chi connectivity index (χ3n) is 3.34. The lowest BCUT2D eigenvalue weighted by atomic mass is 10.0. The lowest BCUT2D eigenvalue weighted by Gasteiger charge is -2.32. The minimum Gasteiger partial charge on any atom is -0.383 e. The monoisotopic (exact) mass is 292 g/mol. The zero-order valence-corrected chi connectivity index (χ0v) is 12.8. The Hall–Kier alpha value is -0.660. The van der Waals surface area contributed by atoms with Crippen molar-refractivity contribution in [3.8, 4) is 0 Å². The molecule has 1 heterocycles. The molecule has 112 valence electrons. The Labute approximate surface area is 115 Å². The normalized spacial score (nSPS) is 20.8. The van der Waals surface area contributed by atoms with Gasteiger partial charge in [0.15, 0.2) is 0 Å². The maximum absolute atomic E-state index is 12.1. The van der Waals surface area contributed by atoms with Gasteiger partial charge in [0.2, 0.25) is 15.9 Å². The highest BCUT2D eigenvalue weighted by Gasteiger charge is 2.25. The van der Waals surface area contributed by atoms with Crippen molar-refractivity contribution in [2.75, 3.05) is 46.2 Å². The van der Waals surface area contributed by atoms with Gasteiger partial charge in [0.1, 0.15) is 0 Å². The molecule has 0 bridgehead atoms. The predicted octanol–water partition coefficient (Wildman–Crippen LogP) is 0.153. The van der Waals surface area contributed by atoms with Crippen LogP contribution in [0.4, 0.5) is 0 Å². The molecule has 1 aliphatic rings. The molecule has 1 saturated heterocycles. The summed E-state index contributed by atoms with van der Waals surface area (Å²) in [5, 5.41) is 0. The molecule has 1 fully saturated rings. The summed E-state index contributed by atoms with van der Waals surface area (Å²) in [6.07, 6.45) is 3.24. The van der Waals surface area contributed by atoms with Gasteiger partial charge in [-0.3, -0.25) is 4.79 Å². The second kappa shape index (κ2) is 7.21. The molecule has 1 amide bonds. The van der Waals surface area contributed by atoms with E-state index in [0.29, 0.717) is 5.92 Å². The van der Waals surface area contributed by atoms with Gasteiger partial charge in [0, 0.05) is 26.7 Å². The summed E-state index contributed by atoms with van der Waals surface area (Å²) in [5.74, 6) is 0.372. The molecular formula is C12H24N2O4S. The van der Waals surface area contributed by atoms with E-state index in [9.17, 15) is 13.2 Å². The highest BCUT2D eigenvalue weighted by Crippen LogP contribution is 2.15. The van der Waals surface area contributed by atoms with Crippen molar-refractivity contribution in [3.05, 3.63) is 0 Å². The van der Waals surface area contributed by atoms with Crippen molar-refractivity contribution in [2.24, 2.45) is 5.92 Å². The van der Waals surface area contributed by atoms with Gasteiger partial charge in [0.25, 0.3) is 0 Å². The standard InChI is InChI=1S/C12H24N2O4S/c1-11-5-4-6-13(9-11)12(15)10-14(7-8-18-2)19(3,16)17/h11H,4-10H2,1-3H3. The first kappa shape index (κ1) is 16.4. The zero-order valence-electron chi connectivity index (χ0n) is 12.0. The van der Waals surface area contributed by atoms with E-state index in [1.54, 1.807) is 4.90 Å². The molecule has 0 aromatic heterocycles. The average molecular weight is 292 g/mol. The van der Waals surface area contributed by atoms with Crippen molar-refractivity contribution >= 4 is 15.9 Å². The number of likely N-dealkylation sites (tertiary alicyclic amines) is 1. The van der Waals surface area contributed by atoms with Crippen molar-refractivity contribution < 1.29 is 17.9 Å². The summed E-state index contributed by atoms with van der Waals surface area (Å²) in [6, 6.07) is 0. The van der Waals surface area contributed by atoms with Crippen molar-refractivity contribution in [1.29, 1.82) is 0 Å². The van der Waals surface area contributed by atoms with Crippen LogP contribution < -0.4 is 0 Å². The number of carbonyl (C=O) groups is 1. The van der Waals surface area contributed by atoms with E-state index in [2.05, 4.69) is 6.92 Å². The van der Waals surface area contributed by atoms with Crippen LogP contribution in [0.3, 0.4) is 0 Å². The van der Waals surface area contributed by atoms with E-state index in [-0.39, 0.29) is 25.6 Å². The number of nitrogens with zero attached hydrogens (tertiary/aromatic N) is 2. The van der Waals surface area contributed by atoms with Crippen molar-refractivity contribution in [3.63, 3.8) is 0 Å². The van der Waals surface area contributed by atoms with Crippen LogP contribution in [0, 0.1) is 5.92 Å². The van der Waals surface area contributed by atoms with Gasteiger partial charge in [0.05, 0.1) is 19.4 Å². The molecule has 19 heavy (non-hydrogen) atoms. The Balaban J connectivity index is 2.60. The van der Waals surface area contributed by atoms with Crippen LogP contribution in [0.15, 0.2) is 0 Å². The molecule has 0 N–H and O–H groups in total. The molecule has 0 saturated carbocycles. The number of carbonyl (C=O) groups excluding carboxylic acids is 1. The second-order valence-electron chi connectivity index (χ2n) is 5.18. The Kier molecular flexibility index (Phi) is 6.22. The summed E-state index contributed by atoms with van der Waals surface area (Å²) in [7, 11) is -1.87. The fraction of sp³-hybridized carbons (Fsp3) is 0.917. The molecular weight excluding hydrogens is 268 g/mol. The Morgan fingerprint density at radius 2 is 2.16 bits per heavy atom. The van der Waals surface area contributed by atoms with E-state index >= 15 is 0 Å². The molecule has 6 nitrogen and oxygen atoms in total. The molecule has 7 heteroatoms. The van der Waals surface area contributed by atoms with Gasteiger partial charge in [-0.25, -0.2) is 8.42 Å². The second-order valence-corrected chi connectivity index (χ2v) is 7.16. The number of amides is 1. The van der Waals surface area contributed by atoms with Crippen LogP contribution in [-0.2, 0) is 19.6 Å². The third kappa shape index (κ3) is 5.46. The van der Waals surface area contributed by atoms with Gasteiger partial charge in [-0.05, 0) is 18.8 Å². The molecule has 0 aromatic rings. The van der Waals surface area contributed by atoms with Crippen LogP contribution in [0.25, 0.3) is 0 Å². The molecule has 0 aromatic carbocycles. The quantitative estimate of drug-likeness (QED) is 0.699. The summed E-state index contributed by atoms with van der Waals surface area (Å²) in [4.78, 5) is 13.9. The SMILES string of the molecule is COCCN(CC(=O)N1CCCC(C)C1)S(C)(=O)=O. The first-order valence-corrected chi connectivity index (χ1v) is 8.41. The van der Waals surface area contributed by atoms with Gasteiger partial charge in [-0.1, -0.05) is 6.92 Å². The van der Waals surface area contributed by atoms with Crippen LogP contribution in [0.5, 0.6) is 0 Å². The molecule has 1 atom stereocenters. The number of hydrogen-bond donors (Lipinski definition) is 0. The van der Waals surface area contributed by atoms with Crippen molar-refractivity contribution in [2.45, 2.75) is 19.8 Å². The summed E-state index contributed by atoms with van der Waals surface area (Å²) in [6.45, 7) is 3.97. The van der Waals surface area contributed by atoms with E-state index in [4.69, 9.17) is 4.74 Å². The Morgan fingerprint density at radius 1 is 1.47 bits per heavy atom.